The largest absolute Gasteiger partial charge is 0.465 e. The normalized spacial score (nSPS) is 14.9. The van der Waals surface area contributed by atoms with Gasteiger partial charge in [-0.05, 0) is 77.3 Å². The number of nitrogens with zero attached hydrogens (tertiary/aromatic N) is 2. The number of piperidine rings is 1. The van der Waals surface area contributed by atoms with Crippen LogP contribution in [0.1, 0.15) is 62.1 Å². The van der Waals surface area contributed by atoms with Crippen LogP contribution >= 0.6 is 0 Å². The van der Waals surface area contributed by atoms with Crippen LogP contribution in [-0.2, 0) is 17.3 Å². The number of anilines is 2. The molecule has 41 heavy (non-hydrogen) atoms. The van der Waals surface area contributed by atoms with E-state index >= 15 is 0 Å². The van der Waals surface area contributed by atoms with Crippen molar-refractivity contribution in [1.29, 1.82) is 0 Å². The summed E-state index contributed by atoms with van der Waals surface area (Å²) in [6.07, 6.45) is -2.91. The van der Waals surface area contributed by atoms with Gasteiger partial charge in [0, 0.05) is 18.8 Å². The number of esters is 1. The third kappa shape index (κ3) is 5.17. The summed E-state index contributed by atoms with van der Waals surface area (Å²) in [5.74, 6) is -2.04. The molecule has 1 aliphatic carbocycles. The molecule has 1 N–H and O–H groups in total. The topological polar surface area (TPSA) is 84.7 Å². The van der Waals surface area contributed by atoms with E-state index in [1.54, 1.807) is 35.2 Å². The molecule has 1 fully saturated rings. The van der Waals surface area contributed by atoms with Crippen LogP contribution < -0.4 is 10.2 Å². The summed E-state index contributed by atoms with van der Waals surface area (Å²) in [5.41, 5.74) is 4.25. The highest BCUT2D eigenvalue weighted by molar-refractivity contribution is 6.03. The van der Waals surface area contributed by atoms with Crippen molar-refractivity contribution in [3.63, 3.8) is 0 Å². The van der Waals surface area contributed by atoms with Gasteiger partial charge in [0.05, 0.1) is 12.7 Å². The highest BCUT2D eigenvalue weighted by Crippen LogP contribution is 2.39. The van der Waals surface area contributed by atoms with E-state index in [-0.39, 0.29) is 6.01 Å². The molecule has 0 saturated carbocycles. The van der Waals surface area contributed by atoms with Crippen molar-refractivity contribution in [2.24, 2.45) is 0 Å². The number of hydrogen-bond acceptors (Lipinski definition) is 6. The highest BCUT2D eigenvalue weighted by Gasteiger charge is 2.42. The average molecular weight is 562 g/mol. The number of methoxy groups -OCH3 is 1. The molecule has 0 spiro atoms. The number of carbonyl (C=O) groups is 2. The lowest BCUT2D eigenvalue weighted by Gasteiger charge is -2.31. The summed E-state index contributed by atoms with van der Waals surface area (Å²) in [6, 6.07) is 20.2. The Bertz CT molecular complexity index is 1620. The molecule has 3 aromatic carbocycles. The number of halogens is 3. The van der Waals surface area contributed by atoms with Crippen LogP contribution in [0.5, 0.6) is 0 Å². The zero-order valence-electron chi connectivity index (χ0n) is 22.1. The summed E-state index contributed by atoms with van der Waals surface area (Å²) in [7, 11) is 1.31. The van der Waals surface area contributed by atoms with Crippen LogP contribution in [-0.4, -0.2) is 37.1 Å². The number of amides is 1. The Labute approximate surface area is 233 Å². The molecule has 4 aromatic rings. The second-order valence-electron chi connectivity index (χ2n) is 10.2. The Morgan fingerprint density at radius 2 is 1.66 bits per heavy atom. The number of rotatable bonds is 5. The first-order valence-electron chi connectivity index (χ1n) is 13.2. The van der Waals surface area contributed by atoms with E-state index in [2.05, 4.69) is 10.3 Å². The van der Waals surface area contributed by atoms with Crippen LogP contribution in [0.25, 0.3) is 11.1 Å². The van der Waals surface area contributed by atoms with Crippen LogP contribution in [0.4, 0.5) is 24.9 Å². The summed E-state index contributed by atoms with van der Waals surface area (Å²) < 4.78 is 52.0. The number of aromatic nitrogens is 1. The van der Waals surface area contributed by atoms with Gasteiger partial charge < -0.3 is 19.4 Å². The SMILES string of the molecule is COC(=O)c1ccc2c(c1)Cc1cc(NC(=O)c3oc(N4CCC(c5ccccc5)CC4)nc3C(F)(F)F)ccc1-2. The molecule has 2 aliphatic rings. The van der Waals surface area contributed by atoms with Gasteiger partial charge in [0.15, 0.2) is 5.69 Å². The van der Waals surface area contributed by atoms with Gasteiger partial charge in [-0.3, -0.25) is 4.79 Å². The fraction of sp³-hybridized carbons (Fsp3) is 0.258. The number of alkyl halides is 3. The Morgan fingerprint density at radius 1 is 0.976 bits per heavy atom. The molecule has 0 unspecified atom stereocenters. The second-order valence-corrected chi connectivity index (χ2v) is 10.2. The summed E-state index contributed by atoms with van der Waals surface area (Å²) in [6.45, 7) is 0.920. The summed E-state index contributed by atoms with van der Waals surface area (Å²) in [5, 5.41) is 2.55. The maximum Gasteiger partial charge on any atom is 0.437 e. The number of ether oxygens (including phenoxy) is 1. The van der Waals surface area contributed by atoms with Crippen LogP contribution in [0.3, 0.4) is 0 Å². The van der Waals surface area contributed by atoms with Crippen molar-refractivity contribution < 1.29 is 31.9 Å². The van der Waals surface area contributed by atoms with Gasteiger partial charge in [0.1, 0.15) is 0 Å². The maximum atomic E-state index is 13.9. The Hall–Kier alpha value is -4.60. The lowest BCUT2D eigenvalue weighted by Crippen LogP contribution is -2.33. The zero-order chi connectivity index (χ0) is 28.7. The summed E-state index contributed by atoms with van der Waals surface area (Å²) >= 11 is 0. The Kier molecular flexibility index (Phi) is 6.76. The first kappa shape index (κ1) is 26.6. The third-order valence-electron chi connectivity index (χ3n) is 7.69. The quantitative estimate of drug-likeness (QED) is 0.241. The van der Waals surface area contributed by atoms with Gasteiger partial charge in [0.2, 0.25) is 5.76 Å². The van der Waals surface area contributed by atoms with Crippen LogP contribution in [0.15, 0.2) is 71.1 Å². The number of benzene rings is 3. The number of carbonyl (C=O) groups excluding carboxylic acids is 2. The van der Waals surface area contributed by atoms with Crippen molar-refractivity contribution in [3.05, 3.63) is 100 Å². The van der Waals surface area contributed by atoms with Crippen LogP contribution in [0.2, 0.25) is 0 Å². The molecule has 0 bridgehead atoms. The first-order chi connectivity index (χ1) is 19.7. The minimum Gasteiger partial charge on any atom is -0.465 e. The number of nitrogens with one attached hydrogen (secondary N) is 1. The third-order valence-corrected chi connectivity index (χ3v) is 7.69. The molecule has 7 nitrogen and oxygen atoms in total. The van der Waals surface area contributed by atoms with E-state index in [4.69, 9.17) is 9.15 Å². The van der Waals surface area contributed by atoms with Gasteiger partial charge in [-0.25, -0.2) is 4.79 Å². The number of hydrogen-bond donors (Lipinski definition) is 1. The fourth-order valence-electron chi connectivity index (χ4n) is 5.64. The molecule has 1 saturated heterocycles. The smallest absolute Gasteiger partial charge is 0.437 e. The fourth-order valence-corrected chi connectivity index (χ4v) is 5.64. The predicted octanol–water partition coefficient (Wildman–Crippen LogP) is 6.69. The van der Waals surface area contributed by atoms with E-state index in [0.29, 0.717) is 36.7 Å². The van der Waals surface area contributed by atoms with Gasteiger partial charge in [0.25, 0.3) is 11.9 Å². The van der Waals surface area contributed by atoms with Gasteiger partial charge in [-0.1, -0.05) is 42.5 Å². The Morgan fingerprint density at radius 3 is 2.34 bits per heavy atom. The van der Waals surface area contributed by atoms with Crippen molar-refractivity contribution in [2.45, 2.75) is 31.4 Å². The maximum absolute atomic E-state index is 13.9. The number of oxazole rings is 1. The molecule has 10 heteroatoms. The molecule has 1 amide bonds. The molecule has 0 radical (unpaired) electrons. The van der Waals surface area contributed by atoms with Crippen molar-refractivity contribution in [3.8, 4) is 11.1 Å². The van der Waals surface area contributed by atoms with Crippen LogP contribution in [0, 0.1) is 0 Å². The average Bonchev–Trinajstić information content (AvgIpc) is 3.59. The van der Waals surface area contributed by atoms with Gasteiger partial charge >= 0.3 is 12.1 Å². The molecule has 6 rings (SSSR count). The lowest BCUT2D eigenvalue weighted by atomic mass is 9.90. The molecular weight excluding hydrogens is 535 g/mol. The standard InChI is InChI=1S/C31H26F3N3O4/c1-40-29(39)20-7-9-24-21(15-20)16-22-17-23(8-10-25(22)24)35-28(38)26-27(31(32,33)34)36-30(41-26)37-13-11-19(12-14-37)18-5-3-2-4-6-18/h2-10,15,17,19H,11-14,16H2,1H3,(H,35,38). The van der Waals surface area contributed by atoms with E-state index in [9.17, 15) is 22.8 Å². The summed E-state index contributed by atoms with van der Waals surface area (Å²) in [4.78, 5) is 30.3. The van der Waals surface area contributed by atoms with Gasteiger partial charge in [-0.2, -0.15) is 18.2 Å². The minimum atomic E-state index is -4.87. The van der Waals surface area contributed by atoms with Crippen molar-refractivity contribution in [2.75, 3.05) is 30.4 Å². The van der Waals surface area contributed by atoms with E-state index in [1.807, 2.05) is 36.4 Å². The zero-order valence-corrected chi connectivity index (χ0v) is 22.1. The number of fused-ring (bicyclic) bond motifs is 3. The minimum absolute atomic E-state index is 0.209. The molecule has 0 atom stereocenters. The molecule has 1 aromatic heterocycles. The molecule has 2 heterocycles. The first-order valence-corrected chi connectivity index (χ1v) is 13.2. The molecule has 1 aliphatic heterocycles. The molecular formula is C31H26F3N3O4. The lowest BCUT2D eigenvalue weighted by molar-refractivity contribution is -0.141. The Balaban J connectivity index is 1.19. The monoisotopic (exact) mass is 561 g/mol. The van der Waals surface area contributed by atoms with E-state index in [1.165, 1.54) is 12.7 Å². The van der Waals surface area contributed by atoms with Gasteiger partial charge in [-0.15, -0.1) is 0 Å². The van der Waals surface area contributed by atoms with Crippen molar-refractivity contribution in [1.82, 2.24) is 4.98 Å². The van der Waals surface area contributed by atoms with E-state index < -0.39 is 29.5 Å². The molecule has 210 valence electrons. The predicted molar refractivity (Wildman–Crippen MR) is 146 cm³/mol. The highest BCUT2D eigenvalue weighted by atomic mass is 19.4. The second kappa shape index (κ2) is 10.4. The van der Waals surface area contributed by atoms with Crippen molar-refractivity contribution >= 4 is 23.6 Å². The van der Waals surface area contributed by atoms with E-state index in [0.717, 1.165) is 35.1 Å².